The Kier molecular flexibility index (Phi) is 5.24. The van der Waals surface area contributed by atoms with Crippen LogP contribution in [0.1, 0.15) is 28.4 Å². The van der Waals surface area contributed by atoms with Crippen molar-refractivity contribution in [3.05, 3.63) is 69.3 Å². The van der Waals surface area contributed by atoms with E-state index in [1.165, 1.54) is 28.6 Å². The van der Waals surface area contributed by atoms with Crippen molar-refractivity contribution in [1.29, 1.82) is 0 Å². The second-order valence-corrected chi connectivity index (χ2v) is 8.48. The van der Waals surface area contributed by atoms with Crippen molar-refractivity contribution in [1.82, 2.24) is 4.31 Å². The quantitative estimate of drug-likeness (QED) is 0.624. The minimum Gasteiger partial charge on any atom is -0.322 e. The van der Waals surface area contributed by atoms with Crippen molar-refractivity contribution in [2.45, 2.75) is 19.9 Å². The summed E-state index contributed by atoms with van der Waals surface area (Å²) in [5, 5.41) is 13.4. The maximum absolute atomic E-state index is 12.3. The fourth-order valence-corrected chi connectivity index (χ4v) is 4.04. The van der Waals surface area contributed by atoms with Gasteiger partial charge in [0.25, 0.3) is 11.6 Å². The molecule has 0 unspecified atom stereocenters. The normalized spacial score (nSPS) is 14.4. The number of nitro groups is 1. The second-order valence-electron chi connectivity index (χ2n) is 6.23. The fourth-order valence-electron chi connectivity index (χ4n) is 2.97. The van der Waals surface area contributed by atoms with E-state index >= 15 is 0 Å². The molecule has 0 radical (unpaired) electrons. The number of carbonyl (C=O) groups is 1. The van der Waals surface area contributed by atoms with Crippen molar-refractivity contribution in [3.63, 3.8) is 0 Å². The zero-order valence-electron chi connectivity index (χ0n) is 14.7. The number of amides is 1. The Hall–Kier alpha value is -2.78. The zero-order valence-corrected chi connectivity index (χ0v) is 15.5. The van der Waals surface area contributed by atoms with Gasteiger partial charge in [-0.15, -0.1) is 0 Å². The number of fused-ring (bicyclic) bond motifs is 1. The van der Waals surface area contributed by atoms with Crippen LogP contribution >= 0.6 is 0 Å². The van der Waals surface area contributed by atoms with Crippen molar-refractivity contribution < 1.29 is 18.1 Å². The number of hydrogen-bond donors (Lipinski definition) is 1. The molecule has 2 aromatic carbocycles. The van der Waals surface area contributed by atoms with Gasteiger partial charge in [-0.1, -0.05) is 6.07 Å². The molecular weight excluding hydrogens is 370 g/mol. The molecule has 8 nitrogen and oxygen atoms in total. The van der Waals surface area contributed by atoms with Gasteiger partial charge in [0.1, 0.15) is 0 Å². The molecule has 3 rings (SSSR count). The predicted molar refractivity (Wildman–Crippen MR) is 101 cm³/mol. The highest BCUT2D eigenvalue weighted by molar-refractivity contribution is 7.89. The molecule has 2 aromatic rings. The monoisotopic (exact) mass is 389 g/mol. The van der Waals surface area contributed by atoms with E-state index in [1.807, 2.05) is 6.07 Å². The van der Waals surface area contributed by atoms with E-state index < -0.39 is 20.9 Å². The van der Waals surface area contributed by atoms with Crippen molar-refractivity contribution >= 4 is 27.3 Å². The first kappa shape index (κ1) is 19.0. The topological polar surface area (TPSA) is 110 Å². The van der Waals surface area contributed by atoms with Crippen LogP contribution in [0.2, 0.25) is 0 Å². The number of rotatable bonds is 5. The van der Waals surface area contributed by atoms with E-state index in [4.69, 9.17) is 0 Å². The smallest absolute Gasteiger partial charge is 0.269 e. The molecule has 1 aliphatic rings. The van der Waals surface area contributed by atoms with Gasteiger partial charge in [0, 0.05) is 36.5 Å². The average Bonchev–Trinajstić information content (AvgIpc) is 2.67. The molecule has 1 amide bonds. The number of nitro benzene ring substituents is 1. The molecule has 1 heterocycles. The molecule has 1 N–H and O–H groups in total. The Labute approximate surface area is 157 Å². The lowest BCUT2D eigenvalue weighted by atomic mass is 10.0. The van der Waals surface area contributed by atoms with Crippen LogP contribution in [0.15, 0.2) is 42.5 Å². The summed E-state index contributed by atoms with van der Waals surface area (Å²) in [5.74, 6) is -0.336. The first-order valence-electron chi connectivity index (χ1n) is 8.45. The lowest BCUT2D eigenvalue weighted by Gasteiger charge is -2.28. The summed E-state index contributed by atoms with van der Waals surface area (Å²) in [4.78, 5) is 22.5. The summed E-state index contributed by atoms with van der Waals surface area (Å²) in [6.07, 6.45) is 0.630. The SMILES string of the molecule is CCS(=O)(=O)N1CCc2ccc(NC(=O)c3ccc([N+](=O)[O-])cc3)cc2C1. The molecule has 142 valence electrons. The van der Waals surface area contributed by atoms with Gasteiger partial charge in [-0.25, -0.2) is 8.42 Å². The number of non-ortho nitro benzene ring substituents is 1. The summed E-state index contributed by atoms with van der Waals surface area (Å²) in [7, 11) is -3.26. The molecule has 0 saturated carbocycles. The van der Waals surface area contributed by atoms with Crippen LogP contribution in [0.3, 0.4) is 0 Å². The lowest BCUT2D eigenvalue weighted by Crippen LogP contribution is -2.36. The predicted octanol–water partition coefficient (Wildman–Crippen LogP) is 2.55. The maximum atomic E-state index is 12.3. The second kappa shape index (κ2) is 7.45. The molecular formula is C18H19N3O5S. The molecule has 1 aliphatic heterocycles. The first-order chi connectivity index (χ1) is 12.8. The molecule has 0 fully saturated rings. The van der Waals surface area contributed by atoms with Crippen molar-refractivity contribution in [3.8, 4) is 0 Å². The third kappa shape index (κ3) is 4.15. The lowest BCUT2D eigenvalue weighted by molar-refractivity contribution is -0.384. The Morgan fingerprint density at radius 3 is 2.52 bits per heavy atom. The Bertz CT molecular complexity index is 987. The van der Waals surface area contributed by atoms with Gasteiger partial charge in [-0.05, 0) is 48.7 Å². The van der Waals surface area contributed by atoms with Crippen LogP contribution in [0, 0.1) is 10.1 Å². The molecule has 0 spiro atoms. The van der Waals surface area contributed by atoms with Gasteiger partial charge in [-0.3, -0.25) is 14.9 Å². The molecule has 9 heteroatoms. The molecule has 27 heavy (non-hydrogen) atoms. The number of nitrogens with zero attached hydrogens (tertiary/aromatic N) is 2. The fraction of sp³-hybridized carbons (Fsp3) is 0.278. The third-order valence-corrected chi connectivity index (χ3v) is 6.37. The number of sulfonamides is 1. The minimum absolute atomic E-state index is 0.0545. The van der Waals surface area contributed by atoms with Gasteiger partial charge < -0.3 is 5.32 Å². The molecule has 0 bridgehead atoms. The van der Waals surface area contributed by atoms with Crippen LogP contribution in [0.4, 0.5) is 11.4 Å². The number of hydrogen-bond acceptors (Lipinski definition) is 5. The number of benzene rings is 2. The van der Waals surface area contributed by atoms with E-state index in [9.17, 15) is 23.3 Å². The van der Waals surface area contributed by atoms with Crippen LogP contribution in [-0.2, 0) is 23.0 Å². The Morgan fingerprint density at radius 2 is 1.89 bits per heavy atom. The van der Waals surface area contributed by atoms with E-state index in [0.717, 1.165) is 11.1 Å². The molecule has 0 saturated heterocycles. The minimum atomic E-state index is -3.26. The van der Waals surface area contributed by atoms with Crippen LogP contribution in [0.5, 0.6) is 0 Å². The van der Waals surface area contributed by atoms with Gasteiger partial charge in [-0.2, -0.15) is 4.31 Å². The number of anilines is 1. The summed E-state index contributed by atoms with van der Waals surface area (Å²) in [6.45, 7) is 2.36. The number of carbonyl (C=O) groups excluding carboxylic acids is 1. The van der Waals surface area contributed by atoms with E-state index in [2.05, 4.69) is 5.32 Å². The largest absolute Gasteiger partial charge is 0.322 e. The maximum Gasteiger partial charge on any atom is 0.269 e. The highest BCUT2D eigenvalue weighted by Gasteiger charge is 2.25. The van der Waals surface area contributed by atoms with Gasteiger partial charge in [0.05, 0.1) is 10.7 Å². The standard InChI is InChI=1S/C18H19N3O5S/c1-2-27(25,26)20-10-9-13-3-6-16(11-15(13)12-20)19-18(22)14-4-7-17(8-5-14)21(23)24/h3-8,11H,2,9-10,12H2,1H3,(H,19,22). The Morgan fingerprint density at radius 1 is 1.19 bits per heavy atom. The van der Waals surface area contributed by atoms with Crippen LogP contribution in [0.25, 0.3) is 0 Å². The van der Waals surface area contributed by atoms with Crippen LogP contribution < -0.4 is 5.32 Å². The summed E-state index contributed by atoms with van der Waals surface area (Å²) >= 11 is 0. The summed E-state index contributed by atoms with van der Waals surface area (Å²) < 4.78 is 25.6. The van der Waals surface area contributed by atoms with Gasteiger partial charge in [0.2, 0.25) is 10.0 Å². The van der Waals surface area contributed by atoms with E-state index in [1.54, 1.807) is 19.1 Å². The van der Waals surface area contributed by atoms with Crippen LogP contribution in [-0.4, -0.2) is 35.9 Å². The zero-order chi connectivity index (χ0) is 19.6. The van der Waals surface area contributed by atoms with E-state index in [-0.39, 0.29) is 18.0 Å². The molecule has 0 atom stereocenters. The van der Waals surface area contributed by atoms with Crippen molar-refractivity contribution in [2.24, 2.45) is 0 Å². The highest BCUT2D eigenvalue weighted by Crippen LogP contribution is 2.25. The van der Waals surface area contributed by atoms with E-state index in [0.29, 0.717) is 24.2 Å². The van der Waals surface area contributed by atoms with Gasteiger partial charge >= 0.3 is 0 Å². The average molecular weight is 389 g/mol. The molecule has 0 aromatic heterocycles. The number of nitrogens with one attached hydrogen (secondary N) is 1. The summed E-state index contributed by atoms with van der Waals surface area (Å²) in [6, 6.07) is 10.8. The molecule has 0 aliphatic carbocycles. The van der Waals surface area contributed by atoms with Crippen molar-refractivity contribution in [2.75, 3.05) is 17.6 Å². The summed E-state index contributed by atoms with van der Waals surface area (Å²) in [5.41, 5.74) is 2.68. The third-order valence-electron chi connectivity index (χ3n) is 4.54. The Balaban J connectivity index is 1.76. The highest BCUT2D eigenvalue weighted by atomic mass is 32.2. The van der Waals surface area contributed by atoms with Gasteiger partial charge in [0.15, 0.2) is 0 Å². The first-order valence-corrected chi connectivity index (χ1v) is 10.1.